The number of carbonyl (C=O) groups excluding carboxylic acids is 2. The minimum atomic E-state index is -0.615. The lowest BCUT2D eigenvalue weighted by molar-refractivity contribution is -0.144. The third-order valence-electron chi connectivity index (χ3n) is 4.44. The lowest BCUT2D eigenvalue weighted by Crippen LogP contribution is -2.44. The smallest absolute Gasteiger partial charge is 0.313 e. The maximum Gasteiger partial charge on any atom is 0.313 e. The van der Waals surface area contributed by atoms with Crippen LogP contribution in [0.25, 0.3) is 0 Å². The number of amides is 2. The molecule has 1 aliphatic heterocycles. The number of hydrogen-bond acceptors (Lipinski definition) is 5. The SMILES string of the molecule is Cc1ccc(C)c(NC(=O)C(=O)N2CCC[C@H](c3nc(C)no3)C2)c1. The molecule has 7 nitrogen and oxygen atoms in total. The predicted molar refractivity (Wildman–Crippen MR) is 92.1 cm³/mol. The van der Waals surface area contributed by atoms with E-state index in [0.29, 0.717) is 30.5 Å². The van der Waals surface area contributed by atoms with E-state index in [-0.39, 0.29) is 5.92 Å². The van der Waals surface area contributed by atoms with Crippen molar-refractivity contribution in [3.8, 4) is 0 Å². The molecule has 1 atom stereocenters. The lowest BCUT2D eigenvalue weighted by Gasteiger charge is -2.30. The van der Waals surface area contributed by atoms with E-state index >= 15 is 0 Å². The van der Waals surface area contributed by atoms with Crippen LogP contribution in [0.5, 0.6) is 0 Å². The largest absolute Gasteiger partial charge is 0.339 e. The topological polar surface area (TPSA) is 88.3 Å². The molecule has 2 amide bonds. The van der Waals surface area contributed by atoms with Gasteiger partial charge in [-0.3, -0.25) is 9.59 Å². The van der Waals surface area contributed by atoms with Crippen LogP contribution >= 0.6 is 0 Å². The number of piperidine rings is 1. The Kier molecular flexibility index (Phi) is 4.83. The van der Waals surface area contributed by atoms with Crippen molar-refractivity contribution in [2.45, 2.75) is 39.5 Å². The number of aryl methyl sites for hydroxylation is 3. The Hall–Kier alpha value is -2.70. The van der Waals surface area contributed by atoms with Gasteiger partial charge in [-0.05, 0) is 50.8 Å². The van der Waals surface area contributed by atoms with Gasteiger partial charge in [-0.2, -0.15) is 4.98 Å². The fraction of sp³-hybridized carbons (Fsp3) is 0.444. The number of carbonyl (C=O) groups is 2. The van der Waals surface area contributed by atoms with Crippen molar-refractivity contribution in [1.82, 2.24) is 15.0 Å². The van der Waals surface area contributed by atoms with Gasteiger partial charge in [-0.25, -0.2) is 0 Å². The van der Waals surface area contributed by atoms with Crippen LogP contribution in [0.2, 0.25) is 0 Å². The average Bonchev–Trinajstić information content (AvgIpc) is 3.04. The van der Waals surface area contributed by atoms with E-state index in [9.17, 15) is 9.59 Å². The van der Waals surface area contributed by atoms with E-state index in [1.165, 1.54) is 0 Å². The van der Waals surface area contributed by atoms with Crippen LogP contribution in [-0.4, -0.2) is 39.9 Å². The summed E-state index contributed by atoms with van der Waals surface area (Å²) in [5, 5.41) is 6.53. The third-order valence-corrected chi connectivity index (χ3v) is 4.44. The molecule has 25 heavy (non-hydrogen) atoms. The van der Waals surface area contributed by atoms with Crippen LogP contribution in [0.3, 0.4) is 0 Å². The fourth-order valence-electron chi connectivity index (χ4n) is 3.03. The highest BCUT2D eigenvalue weighted by Gasteiger charge is 2.31. The molecule has 0 bridgehead atoms. The molecule has 0 spiro atoms. The zero-order valence-corrected chi connectivity index (χ0v) is 14.7. The summed E-state index contributed by atoms with van der Waals surface area (Å²) < 4.78 is 5.22. The number of nitrogens with zero attached hydrogens (tertiary/aromatic N) is 3. The van der Waals surface area contributed by atoms with E-state index in [1.54, 1.807) is 11.8 Å². The second kappa shape index (κ2) is 7.04. The molecule has 0 aliphatic carbocycles. The molecule has 1 fully saturated rings. The maximum absolute atomic E-state index is 12.5. The van der Waals surface area contributed by atoms with Crippen molar-refractivity contribution in [2.75, 3.05) is 18.4 Å². The number of likely N-dealkylation sites (tertiary alicyclic amines) is 1. The second-order valence-corrected chi connectivity index (χ2v) is 6.54. The summed E-state index contributed by atoms with van der Waals surface area (Å²) in [6, 6.07) is 5.75. The summed E-state index contributed by atoms with van der Waals surface area (Å²) in [5.41, 5.74) is 2.61. The van der Waals surface area contributed by atoms with Crippen molar-refractivity contribution in [3.63, 3.8) is 0 Å². The van der Waals surface area contributed by atoms with Crippen LogP contribution in [0.15, 0.2) is 22.7 Å². The molecule has 0 radical (unpaired) electrons. The maximum atomic E-state index is 12.5. The molecule has 0 unspecified atom stereocenters. The molecule has 1 saturated heterocycles. The van der Waals surface area contributed by atoms with E-state index in [1.807, 2.05) is 32.0 Å². The van der Waals surface area contributed by atoms with Gasteiger partial charge in [0.25, 0.3) is 0 Å². The molecule has 1 aromatic carbocycles. The van der Waals surface area contributed by atoms with Crippen molar-refractivity contribution < 1.29 is 14.1 Å². The highest BCUT2D eigenvalue weighted by molar-refractivity contribution is 6.39. The third kappa shape index (κ3) is 3.87. The van der Waals surface area contributed by atoms with Crippen LogP contribution in [-0.2, 0) is 9.59 Å². The Morgan fingerprint density at radius 1 is 1.28 bits per heavy atom. The van der Waals surface area contributed by atoms with Crippen LogP contribution in [0, 0.1) is 20.8 Å². The predicted octanol–water partition coefficient (Wildman–Crippen LogP) is 2.34. The first-order valence-electron chi connectivity index (χ1n) is 8.42. The quantitative estimate of drug-likeness (QED) is 0.846. The molecule has 0 saturated carbocycles. The monoisotopic (exact) mass is 342 g/mol. The van der Waals surface area contributed by atoms with Crippen LogP contribution in [0.4, 0.5) is 5.69 Å². The first kappa shape index (κ1) is 17.1. The van der Waals surface area contributed by atoms with Gasteiger partial charge < -0.3 is 14.7 Å². The molecule has 132 valence electrons. The molecule has 2 aromatic rings. The van der Waals surface area contributed by atoms with Crippen molar-refractivity contribution >= 4 is 17.5 Å². The summed E-state index contributed by atoms with van der Waals surface area (Å²) in [4.78, 5) is 30.7. The van der Waals surface area contributed by atoms with Crippen molar-refractivity contribution in [3.05, 3.63) is 41.0 Å². The van der Waals surface area contributed by atoms with E-state index in [0.717, 1.165) is 24.0 Å². The van der Waals surface area contributed by atoms with E-state index < -0.39 is 11.8 Å². The van der Waals surface area contributed by atoms with Gasteiger partial charge >= 0.3 is 11.8 Å². The first-order chi connectivity index (χ1) is 11.9. The molecular formula is C18H22N4O3. The Balaban J connectivity index is 1.67. The van der Waals surface area contributed by atoms with Gasteiger partial charge in [0.05, 0.1) is 5.92 Å². The molecule has 7 heteroatoms. The summed E-state index contributed by atoms with van der Waals surface area (Å²) in [5.74, 6) is -0.0543. The Morgan fingerprint density at radius 3 is 2.80 bits per heavy atom. The molecule has 1 aromatic heterocycles. The molecule has 1 N–H and O–H groups in total. The normalized spacial score (nSPS) is 17.4. The van der Waals surface area contributed by atoms with Gasteiger partial charge in [-0.1, -0.05) is 17.3 Å². The summed E-state index contributed by atoms with van der Waals surface area (Å²) >= 11 is 0. The van der Waals surface area contributed by atoms with Gasteiger partial charge in [0.2, 0.25) is 5.89 Å². The lowest BCUT2D eigenvalue weighted by atomic mass is 9.98. The number of benzene rings is 1. The number of anilines is 1. The van der Waals surface area contributed by atoms with Gasteiger partial charge in [-0.15, -0.1) is 0 Å². The van der Waals surface area contributed by atoms with E-state index in [4.69, 9.17) is 4.52 Å². The van der Waals surface area contributed by atoms with Gasteiger partial charge in [0, 0.05) is 18.8 Å². The minimum absolute atomic E-state index is 0.0209. The van der Waals surface area contributed by atoms with Crippen molar-refractivity contribution in [1.29, 1.82) is 0 Å². The highest BCUT2D eigenvalue weighted by Crippen LogP contribution is 2.26. The molecule has 1 aliphatic rings. The highest BCUT2D eigenvalue weighted by atomic mass is 16.5. The fourth-order valence-corrected chi connectivity index (χ4v) is 3.03. The number of nitrogens with one attached hydrogen (secondary N) is 1. The van der Waals surface area contributed by atoms with Gasteiger partial charge in [0.1, 0.15) is 0 Å². The Labute approximate surface area is 146 Å². The number of hydrogen-bond donors (Lipinski definition) is 1. The standard InChI is InChI=1S/C18H22N4O3/c1-11-6-7-12(2)15(9-11)20-16(23)18(24)22-8-4-5-14(10-22)17-19-13(3)21-25-17/h6-7,9,14H,4-5,8,10H2,1-3H3,(H,20,23)/t14-/m0/s1. The molecule has 2 heterocycles. The van der Waals surface area contributed by atoms with Gasteiger partial charge in [0.15, 0.2) is 5.82 Å². The van der Waals surface area contributed by atoms with Crippen molar-refractivity contribution in [2.24, 2.45) is 0 Å². The number of aromatic nitrogens is 2. The summed E-state index contributed by atoms with van der Waals surface area (Å²) in [7, 11) is 0. The zero-order chi connectivity index (χ0) is 18.0. The minimum Gasteiger partial charge on any atom is -0.339 e. The number of rotatable bonds is 2. The molecule has 3 rings (SSSR count). The first-order valence-corrected chi connectivity index (χ1v) is 8.42. The van der Waals surface area contributed by atoms with E-state index in [2.05, 4.69) is 15.5 Å². The average molecular weight is 342 g/mol. The molecular weight excluding hydrogens is 320 g/mol. The summed E-state index contributed by atoms with van der Waals surface area (Å²) in [6.45, 7) is 6.58. The Bertz CT molecular complexity index is 799. The second-order valence-electron chi connectivity index (χ2n) is 6.54. The van der Waals surface area contributed by atoms with Crippen LogP contribution < -0.4 is 5.32 Å². The van der Waals surface area contributed by atoms with Crippen LogP contribution in [0.1, 0.15) is 41.6 Å². The summed E-state index contributed by atoms with van der Waals surface area (Å²) in [6.07, 6.45) is 1.67. The zero-order valence-electron chi connectivity index (χ0n) is 14.7. The Morgan fingerprint density at radius 2 is 2.08 bits per heavy atom.